The van der Waals surface area contributed by atoms with Crippen LogP contribution < -0.4 is 14.4 Å². The van der Waals surface area contributed by atoms with Crippen molar-refractivity contribution in [1.29, 1.82) is 0 Å². The molecule has 1 aromatic rings. The van der Waals surface area contributed by atoms with Crippen LogP contribution in [0.3, 0.4) is 0 Å². The molecule has 0 atom stereocenters. The first kappa shape index (κ1) is 14.9. The lowest BCUT2D eigenvalue weighted by molar-refractivity contribution is -0.132. The lowest BCUT2D eigenvalue weighted by atomic mass is 10.0. The lowest BCUT2D eigenvalue weighted by Gasteiger charge is -2.37. The average molecular weight is 291 g/mol. The molecule has 0 saturated heterocycles. The molecule has 1 aliphatic rings. The van der Waals surface area contributed by atoms with Crippen molar-refractivity contribution in [3.63, 3.8) is 0 Å². The Morgan fingerprint density at radius 3 is 2.67 bits per heavy atom. The van der Waals surface area contributed by atoms with Crippen LogP contribution in [0.2, 0.25) is 0 Å². The molecule has 0 saturated carbocycles. The van der Waals surface area contributed by atoms with E-state index in [1.165, 1.54) is 18.1 Å². The maximum absolute atomic E-state index is 12.2. The maximum Gasteiger partial charge on any atom is 0.328 e. The third-order valence-corrected chi connectivity index (χ3v) is 3.23. The molecule has 2 rings (SSSR count). The molecule has 1 amide bonds. The van der Waals surface area contributed by atoms with Crippen molar-refractivity contribution in [2.24, 2.45) is 0 Å². The van der Waals surface area contributed by atoms with Gasteiger partial charge in [-0.1, -0.05) is 0 Å². The molecule has 0 aliphatic carbocycles. The van der Waals surface area contributed by atoms with Gasteiger partial charge in [-0.3, -0.25) is 4.79 Å². The van der Waals surface area contributed by atoms with Crippen LogP contribution in [-0.2, 0) is 9.59 Å². The van der Waals surface area contributed by atoms with Gasteiger partial charge in [0.1, 0.15) is 0 Å². The van der Waals surface area contributed by atoms with Gasteiger partial charge in [0.25, 0.3) is 5.91 Å². The Bertz CT molecular complexity index is 633. The predicted molar refractivity (Wildman–Crippen MR) is 77.8 cm³/mol. The van der Waals surface area contributed by atoms with E-state index >= 15 is 0 Å². The number of rotatable bonds is 3. The Balaban J connectivity index is 2.57. The summed E-state index contributed by atoms with van der Waals surface area (Å²) in [6.07, 6.45) is 2.46. The van der Waals surface area contributed by atoms with Crippen molar-refractivity contribution in [2.75, 3.05) is 19.1 Å². The number of carboxylic acids is 1. The number of likely N-dealkylation sites (N-methyl/N-ethyl adjacent to an activating group) is 1. The number of ether oxygens (including phenoxy) is 2. The molecule has 0 bridgehead atoms. The molecule has 0 aromatic heterocycles. The highest BCUT2D eigenvalue weighted by molar-refractivity contribution is 6.03. The summed E-state index contributed by atoms with van der Waals surface area (Å²) in [5.41, 5.74) is 0.174. The summed E-state index contributed by atoms with van der Waals surface area (Å²) in [7, 11) is 3.14. The molecule has 0 fully saturated rings. The molecule has 1 N–H and O–H groups in total. The minimum Gasteiger partial charge on any atom is -0.493 e. The maximum atomic E-state index is 12.2. The zero-order valence-electron chi connectivity index (χ0n) is 12.3. The van der Waals surface area contributed by atoms with Gasteiger partial charge >= 0.3 is 5.97 Å². The second-order valence-electron chi connectivity index (χ2n) is 5.22. The minimum atomic E-state index is -1.05. The number of fused-ring (bicyclic) bond motifs is 1. The molecule has 6 nitrogen and oxygen atoms in total. The number of anilines is 1. The van der Waals surface area contributed by atoms with Gasteiger partial charge < -0.3 is 19.5 Å². The van der Waals surface area contributed by atoms with E-state index in [1.54, 1.807) is 33.0 Å². The fourth-order valence-electron chi connectivity index (χ4n) is 2.19. The van der Waals surface area contributed by atoms with E-state index < -0.39 is 11.6 Å². The van der Waals surface area contributed by atoms with Gasteiger partial charge in [-0.15, -0.1) is 0 Å². The summed E-state index contributed by atoms with van der Waals surface area (Å²) in [5, 5.41) is 8.70. The molecule has 1 heterocycles. The Hall–Kier alpha value is -2.50. The number of carboxylic acid groups (broad SMARTS) is 1. The van der Waals surface area contributed by atoms with E-state index in [4.69, 9.17) is 14.6 Å². The average Bonchev–Trinajstić information content (AvgIpc) is 2.42. The summed E-state index contributed by atoms with van der Waals surface area (Å²) in [6, 6.07) is 3.35. The Morgan fingerprint density at radius 2 is 2.10 bits per heavy atom. The molecule has 21 heavy (non-hydrogen) atoms. The van der Waals surface area contributed by atoms with Crippen molar-refractivity contribution in [2.45, 2.75) is 19.4 Å². The summed E-state index contributed by atoms with van der Waals surface area (Å²) in [4.78, 5) is 24.3. The second-order valence-corrected chi connectivity index (χ2v) is 5.22. The summed E-state index contributed by atoms with van der Waals surface area (Å²) in [5.74, 6) is -0.313. The number of carbonyl (C=O) groups is 2. The first-order valence-electron chi connectivity index (χ1n) is 6.36. The first-order chi connectivity index (χ1) is 9.76. The number of hydrogen-bond acceptors (Lipinski definition) is 4. The molecular formula is C15H17NO5. The van der Waals surface area contributed by atoms with Crippen molar-refractivity contribution >= 4 is 23.6 Å². The minimum absolute atomic E-state index is 0.184. The Kier molecular flexibility index (Phi) is 3.63. The SMILES string of the molecule is COc1cc(/C=C/C(=O)O)cc2c1OC(C)(C)C(=O)N2C. The summed E-state index contributed by atoms with van der Waals surface area (Å²) >= 11 is 0. The van der Waals surface area contributed by atoms with Crippen molar-refractivity contribution in [3.8, 4) is 11.5 Å². The smallest absolute Gasteiger partial charge is 0.328 e. The second kappa shape index (κ2) is 5.12. The van der Waals surface area contributed by atoms with Crippen LogP contribution in [-0.4, -0.2) is 36.7 Å². The van der Waals surface area contributed by atoms with Gasteiger partial charge in [-0.25, -0.2) is 4.79 Å². The van der Waals surface area contributed by atoms with Gasteiger partial charge in [0.2, 0.25) is 0 Å². The van der Waals surface area contributed by atoms with E-state index in [-0.39, 0.29) is 5.91 Å². The molecule has 1 aliphatic heterocycles. The first-order valence-corrected chi connectivity index (χ1v) is 6.36. The normalized spacial score (nSPS) is 16.6. The quantitative estimate of drug-likeness (QED) is 0.861. The van der Waals surface area contributed by atoms with E-state index in [2.05, 4.69) is 0 Å². The standard InChI is InChI=1S/C15H17NO5/c1-15(2)14(19)16(3)10-7-9(5-6-12(17)18)8-11(20-4)13(10)21-15/h5-8H,1-4H3,(H,17,18)/b6-5+. The highest BCUT2D eigenvalue weighted by atomic mass is 16.5. The van der Waals surface area contributed by atoms with Crippen LogP contribution in [0.4, 0.5) is 5.69 Å². The molecule has 112 valence electrons. The van der Waals surface area contributed by atoms with Crippen molar-refractivity contribution < 1.29 is 24.2 Å². The van der Waals surface area contributed by atoms with E-state index in [9.17, 15) is 9.59 Å². The summed E-state index contributed by atoms with van der Waals surface area (Å²) in [6.45, 7) is 3.37. The third kappa shape index (κ3) is 2.69. The van der Waals surface area contributed by atoms with Gasteiger partial charge in [0.05, 0.1) is 12.8 Å². The van der Waals surface area contributed by atoms with Gasteiger partial charge in [0.15, 0.2) is 17.1 Å². The van der Waals surface area contributed by atoms with Crippen LogP contribution >= 0.6 is 0 Å². The number of carbonyl (C=O) groups excluding carboxylic acids is 1. The van der Waals surface area contributed by atoms with Crippen LogP contribution in [0.5, 0.6) is 11.5 Å². The Labute approximate surface area is 122 Å². The van der Waals surface area contributed by atoms with Crippen LogP contribution in [0, 0.1) is 0 Å². The summed E-state index contributed by atoms with van der Waals surface area (Å²) < 4.78 is 11.0. The number of aliphatic carboxylic acids is 1. The molecular weight excluding hydrogens is 274 g/mol. The molecule has 0 radical (unpaired) electrons. The Morgan fingerprint density at radius 1 is 1.43 bits per heavy atom. The number of hydrogen-bond donors (Lipinski definition) is 1. The monoisotopic (exact) mass is 291 g/mol. The lowest BCUT2D eigenvalue weighted by Crippen LogP contribution is -2.51. The highest BCUT2D eigenvalue weighted by Crippen LogP contribution is 2.44. The number of nitrogens with zero attached hydrogens (tertiary/aromatic N) is 1. The van der Waals surface area contributed by atoms with Crippen molar-refractivity contribution in [3.05, 3.63) is 23.8 Å². The van der Waals surface area contributed by atoms with E-state index in [0.29, 0.717) is 22.7 Å². The predicted octanol–water partition coefficient (Wildman–Crippen LogP) is 1.93. The van der Waals surface area contributed by atoms with Crippen LogP contribution in [0.1, 0.15) is 19.4 Å². The zero-order valence-corrected chi connectivity index (χ0v) is 12.3. The van der Waals surface area contributed by atoms with E-state index in [1.807, 2.05) is 0 Å². The molecule has 0 unspecified atom stereocenters. The topological polar surface area (TPSA) is 76.1 Å². The largest absolute Gasteiger partial charge is 0.493 e. The van der Waals surface area contributed by atoms with Crippen LogP contribution in [0.15, 0.2) is 18.2 Å². The van der Waals surface area contributed by atoms with E-state index in [0.717, 1.165) is 6.08 Å². The molecule has 1 aromatic carbocycles. The van der Waals surface area contributed by atoms with Crippen LogP contribution in [0.25, 0.3) is 6.08 Å². The fourth-order valence-corrected chi connectivity index (χ4v) is 2.19. The number of benzene rings is 1. The molecule has 6 heteroatoms. The number of methoxy groups -OCH3 is 1. The van der Waals surface area contributed by atoms with Gasteiger partial charge in [-0.05, 0) is 37.6 Å². The zero-order chi connectivity index (χ0) is 15.8. The highest BCUT2D eigenvalue weighted by Gasteiger charge is 2.40. The van der Waals surface area contributed by atoms with Gasteiger partial charge in [0, 0.05) is 13.1 Å². The molecule has 0 spiro atoms. The van der Waals surface area contributed by atoms with Crippen molar-refractivity contribution in [1.82, 2.24) is 0 Å². The van der Waals surface area contributed by atoms with Gasteiger partial charge in [-0.2, -0.15) is 0 Å². The fraction of sp³-hybridized carbons (Fsp3) is 0.333. The third-order valence-electron chi connectivity index (χ3n) is 3.23. The number of amides is 1.